The fourth-order valence-corrected chi connectivity index (χ4v) is 1.68. The number of carboxylic acid groups (broad SMARTS) is 1. The van der Waals surface area contributed by atoms with E-state index in [0.717, 1.165) is 11.1 Å². The first-order chi connectivity index (χ1) is 9.43. The largest absolute Gasteiger partial charge is 0.480 e. The molecule has 0 aliphatic heterocycles. The quantitative estimate of drug-likeness (QED) is 0.696. The predicted octanol–water partition coefficient (Wildman–Crippen LogP) is 1.61. The van der Waals surface area contributed by atoms with Gasteiger partial charge in [-0.05, 0) is 30.2 Å². The van der Waals surface area contributed by atoms with E-state index in [4.69, 9.17) is 21.8 Å². The highest BCUT2D eigenvalue weighted by Gasteiger charge is 2.17. The third kappa shape index (κ3) is 5.03. The molecule has 0 heterocycles. The summed E-state index contributed by atoms with van der Waals surface area (Å²) in [6.07, 6.45) is 2.73. The molecule has 20 heavy (non-hydrogen) atoms. The van der Waals surface area contributed by atoms with Crippen molar-refractivity contribution in [1.29, 1.82) is 0 Å². The molecule has 1 unspecified atom stereocenters. The molecule has 0 saturated carbocycles. The molecule has 0 bridgehead atoms. The molecule has 0 aliphatic rings. The van der Waals surface area contributed by atoms with Gasteiger partial charge in [0.25, 0.3) is 0 Å². The third-order valence-corrected chi connectivity index (χ3v) is 3.06. The highest BCUT2D eigenvalue weighted by atomic mass is 35.5. The minimum absolute atomic E-state index is 0.0364. The summed E-state index contributed by atoms with van der Waals surface area (Å²) in [4.78, 5) is 22.4. The van der Waals surface area contributed by atoms with Crippen LogP contribution in [-0.4, -0.2) is 34.7 Å². The average molecular weight is 298 g/mol. The highest BCUT2D eigenvalue weighted by Crippen LogP contribution is 2.17. The number of carbonyl (C=O) groups excluding carboxylic acids is 1. The lowest BCUT2D eigenvalue weighted by atomic mass is 10.1. The van der Waals surface area contributed by atoms with E-state index >= 15 is 0 Å². The molecule has 3 N–H and O–H groups in total. The van der Waals surface area contributed by atoms with Gasteiger partial charge < -0.3 is 15.5 Å². The van der Waals surface area contributed by atoms with Crippen LogP contribution < -0.4 is 5.32 Å². The molecule has 0 aromatic heterocycles. The number of aliphatic hydroxyl groups excluding tert-OH is 1. The Morgan fingerprint density at radius 2 is 2.15 bits per heavy atom. The SMILES string of the molecule is Cc1ccc(/C=C/C(=O)NC(CCO)C(=O)O)cc1Cl. The zero-order valence-electron chi connectivity index (χ0n) is 11.0. The van der Waals surface area contributed by atoms with Crippen LogP contribution in [-0.2, 0) is 9.59 Å². The van der Waals surface area contributed by atoms with Crippen LogP contribution in [0.25, 0.3) is 6.08 Å². The molecule has 5 nitrogen and oxygen atoms in total. The Bertz CT molecular complexity index is 528. The third-order valence-electron chi connectivity index (χ3n) is 2.66. The molecule has 108 valence electrons. The fraction of sp³-hybridized carbons (Fsp3) is 0.286. The fourth-order valence-electron chi connectivity index (χ4n) is 1.49. The van der Waals surface area contributed by atoms with Crippen LogP contribution in [0.15, 0.2) is 24.3 Å². The molecular weight excluding hydrogens is 282 g/mol. The van der Waals surface area contributed by atoms with E-state index in [1.165, 1.54) is 6.08 Å². The van der Waals surface area contributed by atoms with Crippen molar-refractivity contribution in [2.75, 3.05) is 6.61 Å². The van der Waals surface area contributed by atoms with Gasteiger partial charge in [0.1, 0.15) is 6.04 Å². The monoisotopic (exact) mass is 297 g/mol. The maximum Gasteiger partial charge on any atom is 0.326 e. The zero-order valence-corrected chi connectivity index (χ0v) is 11.7. The summed E-state index contributed by atoms with van der Waals surface area (Å²) in [5.41, 5.74) is 1.67. The van der Waals surface area contributed by atoms with Crippen molar-refractivity contribution in [3.05, 3.63) is 40.4 Å². The first-order valence-electron chi connectivity index (χ1n) is 6.02. The minimum atomic E-state index is -1.18. The van der Waals surface area contributed by atoms with E-state index in [2.05, 4.69) is 5.32 Å². The second-order valence-electron chi connectivity index (χ2n) is 4.25. The summed E-state index contributed by atoms with van der Waals surface area (Å²) < 4.78 is 0. The molecule has 0 fully saturated rings. The molecule has 1 aromatic rings. The van der Waals surface area contributed by atoms with Gasteiger partial charge in [0.15, 0.2) is 0 Å². The van der Waals surface area contributed by atoms with Crippen molar-refractivity contribution in [1.82, 2.24) is 5.32 Å². The van der Waals surface area contributed by atoms with Crippen molar-refractivity contribution in [3.63, 3.8) is 0 Å². The van der Waals surface area contributed by atoms with Crippen LogP contribution in [0.4, 0.5) is 0 Å². The Hall–Kier alpha value is -1.85. The minimum Gasteiger partial charge on any atom is -0.480 e. The van der Waals surface area contributed by atoms with Crippen molar-refractivity contribution in [2.24, 2.45) is 0 Å². The number of carbonyl (C=O) groups is 2. The Labute approximate surface area is 121 Å². The van der Waals surface area contributed by atoms with Crippen LogP contribution in [0.3, 0.4) is 0 Å². The molecule has 1 atom stereocenters. The normalized spacial score (nSPS) is 12.3. The molecular formula is C14H16ClNO4. The van der Waals surface area contributed by atoms with Gasteiger partial charge in [-0.3, -0.25) is 4.79 Å². The van der Waals surface area contributed by atoms with Crippen molar-refractivity contribution >= 4 is 29.6 Å². The lowest BCUT2D eigenvalue weighted by molar-refractivity contribution is -0.141. The first-order valence-corrected chi connectivity index (χ1v) is 6.40. The maximum absolute atomic E-state index is 11.6. The van der Waals surface area contributed by atoms with Crippen LogP contribution in [0.5, 0.6) is 0 Å². The summed E-state index contributed by atoms with van der Waals surface area (Å²) in [7, 11) is 0. The van der Waals surface area contributed by atoms with Crippen molar-refractivity contribution in [3.8, 4) is 0 Å². The topological polar surface area (TPSA) is 86.6 Å². The number of hydrogen-bond acceptors (Lipinski definition) is 3. The van der Waals surface area contributed by atoms with Gasteiger partial charge in [0, 0.05) is 24.1 Å². The van der Waals surface area contributed by atoms with Crippen LogP contribution in [0, 0.1) is 6.92 Å². The zero-order chi connectivity index (χ0) is 15.1. The number of aryl methyl sites for hydroxylation is 1. The van der Waals surface area contributed by atoms with Crippen LogP contribution >= 0.6 is 11.6 Å². The smallest absolute Gasteiger partial charge is 0.326 e. The lowest BCUT2D eigenvalue weighted by Gasteiger charge is -2.11. The molecule has 0 aliphatic carbocycles. The second-order valence-corrected chi connectivity index (χ2v) is 4.66. The second kappa shape index (κ2) is 7.67. The number of rotatable bonds is 6. The summed E-state index contributed by atoms with van der Waals surface area (Å²) in [5, 5.41) is 20.4. The number of benzene rings is 1. The standard InChI is InChI=1S/C14H16ClNO4/c1-9-2-3-10(8-11(9)15)4-5-13(18)16-12(6-7-17)14(19)20/h2-5,8,12,17H,6-7H2,1H3,(H,16,18)(H,19,20)/b5-4+. The van der Waals surface area contributed by atoms with Gasteiger partial charge in [-0.1, -0.05) is 23.7 Å². The Kier molecular flexibility index (Phi) is 6.21. The van der Waals surface area contributed by atoms with Gasteiger partial charge in [-0.15, -0.1) is 0 Å². The average Bonchev–Trinajstić information content (AvgIpc) is 2.39. The lowest BCUT2D eigenvalue weighted by Crippen LogP contribution is -2.40. The van der Waals surface area contributed by atoms with E-state index in [0.29, 0.717) is 5.02 Å². The first kappa shape index (κ1) is 16.2. The summed E-state index contributed by atoms with van der Waals surface area (Å²) >= 11 is 5.96. The number of carboxylic acids is 1. The number of aliphatic carboxylic acids is 1. The van der Waals surface area contributed by atoms with Crippen LogP contribution in [0.2, 0.25) is 5.02 Å². The molecule has 1 aromatic carbocycles. The van der Waals surface area contributed by atoms with E-state index in [9.17, 15) is 9.59 Å². The summed E-state index contributed by atoms with van der Waals surface area (Å²) in [5.74, 6) is -1.72. The van der Waals surface area contributed by atoms with Crippen molar-refractivity contribution in [2.45, 2.75) is 19.4 Å². The molecule has 1 rings (SSSR count). The summed E-state index contributed by atoms with van der Waals surface area (Å²) in [6.45, 7) is 1.56. The van der Waals surface area contributed by atoms with Gasteiger partial charge in [-0.25, -0.2) is 4.79 Å². The number of aliphatic hydroxyl groups is 1. The summed E-state index contributed by atoms with van der Waals surface area (Å²) in [6, 6.07) is 4.24. The molecule has 6 heteroatoms. The molecule has 1 amide bonds. The van der Waals surface area contributed by atoms with Gasteiger partial charge >= 0.3 is 5.97 Å². The van der Waals surface area contributed by atoms with E-state index in [1.54, 1.807) is 18.2 Å². The number of amides is 1. The number of hydrogen-bond donors (Lipinski definition) is 3. The predicted molar refractivity (Wildman–Crippen MR) is 76.5 cm³/mol. The molecule has 0 saturated heterocycles. The van der Waals surface area contributed by atoms with Crippen LogP contribution in [0.1, 0.15) is 17.5 Å². The van der Waals surface area contributed by atoms with Crippen molar-refractivity contribution < 1.29 is 19.8 Å². The van der Waals surface area contributed by atoms with E-state index in [-0.39, 0.29) is 13.0 Å². The molecule has 0 radical (unpaired) electrons. The molecule has 0 spiro atoms. The Morgan fingerprint density at radius 3 is 2.70 bits per heavy atom. The van der Waals surface area contributed by atoms with E-state index < -0.39 is 17.9 Å². The Morgan fingerprint density at radius 1 is 1.45 bits per heavy atom. The van der Waals surface area contributed by atoms with Gasteiger partial charge in [0.05, 0.1) is 0 Å². The highest BCUT2D eigenvalue weighted by molar-refractivity contribution is 6.31. The van der Waals surface area contributed by atoms with E-state index in [1.807, 2.05) is 13.0 Å². The number of nitrogens with one attached hydrogen (secondary N) is 1. The Balaban J connectivity index is 2.67. The number of halogens is 1. The van der Waals surface area contributed by atoms with Gasteiger partial charge in [0.2, 0.25) is 5.91 Å². The van der Waals surface area contributed by atoms with Gasteiger partial charge in [-0.2, -0.15) is 0 Å². The maximum atomic E-state index is 11.6.